The minimum atomic E-state index is -2.04. The summed E-state index contributed by atoms with van der Waals surface area (Å²) in [7, 11) is -2.04. The highest BCUT2D eigenvalue weighted by Crippen LogP contribution is 2.11. The Kier molecular flexibility index (Phi) is 8.49. The third-order valence-electron chi connectivity index (χ3n) is 3.14. The molecular weight excluding hydrogens is 334 g/mol. The van der Waals surface area contributed by atoms with Crippen molar-refractivity contribution in [2.75, 3.05) is 13.1 Å². The Bertz CT molecular complexity index is 567. The summed E-state index contributed by atoms with van der Waals surface area (Å²) in [6, 6.07) is 6.81. The van der Waals surface area contributed by atoms with Gasteiger partial charge < -0.3 is 24.9 Å². The smallest absolute Gasteiger partial charge is 0.402 e. The lowest BCUT2D eigenvalue weighted by Gasteiger charge is -2.23. The van der Waals surface area contributed by atoms with Crippen molar-refractivity contribution in [3.05, 3.63) is 47.5 Å². The second kappa shape index (κ2) is 10.1. The van der Waals surface area contributed by atoms with E-state index in [-0.39, 0.29) is 18.9 Å². The predicted molar refractivity (Wildman–Crippen MR) is 90.8 cm³/mol. The number of nitrogens with zero attached hydrogens (tertiary/aromatic N) is 1. The Hall–Kier alpha value is -1.87. The van der Waals surface area contributed by atoms with Crippen LogP contribution in [-0.2, 0) is 20.7 Å². The van der Waals surface area contributed by atoms with E-state index in [1.807, 2.05) is 0 Å². The molecule has 0 unspecified atom stereocenters. The fraction of sp³-hybridized carbons (Fsp3) is 0.333. The van der Waals surface area contributed by atoms with Crippen molar-refractivity contribution in [2.24, 2.45) is 0 Å². The van der Waals surface area contributed by atoms with Crippen LogP contribution in [0, 0.1) is 0 Å². The van der Waals surface area contributed by atoms with Gasteiger partial charge in [0.25, 0.3) is 0 Å². The summed E-state index contributed by atoms with van der Waals surface area (Å²) >= 11 is 5.81. The summed E-state index contributed by atoms with van der Waals surface area (Å²) in [5.41, 5.74) is 0.778. The van der Waals surface area contributed by atoms with Crippen LogP contribution in [0.15, 0.2) is 36.9 Å². The Morgan fingerprint density at radius 2 is 2.04 bits per heavy atom. The number of halogens is 1. The highest BCUT2D eigenvalue weighted by molar-refractivity contribution is 6.32. The van der Waals surface area contributed by atoms with Gasteiger partial charge in [0.2, 0.25) is 11.8 Å². The quantitative estimate of drug-likeness (QED) is 0.337. The molecule has 0 spiro atoms. The number of likely N-dealkylation sites (N-methyl/N-ethyl adjacent to an activating group) is 1. The Balaban J connectivity index is 2.70. The first-order valence-corrected chi connectivity index (χ1v) is 7.70. The fourth-order valence-electron chi connectivity index (χ4n) is 1.99. The lowest BCUT2D eigenvalue weighted by molar-refractivity contribution is -0.133. The first-order chi connectivity index (χ1) is 11.3. The van der Waals surface area contributed by atoms with Crippen LogP contribution in [0.25, 0.3) is 0 Å². The minimum Gasteiger partial charge on any atom is -0.402 e. The maximum Gasteiger partial charge on any atom is 0.635 e. The van der Waals surface area contributed by atoms with Gasteiger partial charge in [0.1, 0.15) is 6.23 Å². The van der Waals surface area contributed by atoms with Crippen LogP contribution < -0.4 is 5.32 Å². The molecule has 0 aromatic heterocycles. The zero-order valence-corrected chi connectivity index (χ0v) is 14.1. The number of rotatable bonds is 9. The molecule has 0 radical (unpaired) electrons. The Morgan fingerprint density at radius 3 is 2.54 bits per heavy atom. The third-order valence-corrected chi connectivity index (χ3v) is 3.40. The number of hydrogen-bond donors (Lipinski definition) is 3. The molecular formula is C15H20BClN2O5. The summed E-state index contributed by atoms with van der Waals surface area (Å²) in [4.78, 5) is 24.9. The first-order valence-electron chi connectivity index (χ1n) is 7.32. The van der Waals surface area contributed by atoms with Gasteiger partial charge in [-0.15, -0.1) is 0 Å². The van der Waals surface area contributed by atoms with Crippen LogP contribution in [0.4, 0.5) is 0 Å². The molecule has 1 aromatic carbocycles. The molecule has 0 aliphatic rings. The second-order valence-electron chi connectivity index (χ2n) is 4.91. The van der Waals surface area contributed by atoms with E-state index in [1.165, 1.54) is 4.90 Å². The number of carbonyl (C=O) groups is 2. The van der Waals surface area contributed by atoms with Crippen molar-refractivity contribution in [1.29, 1.82) is 0 Å². The zero-order valence-electron chi connectivity index (χ0n) is 13.3. The standard InChI is InChI=1S/C15H20BClN2O5/c1-3-15(21)19(4-2)10-13(20)18-14(24-16(22)23)9-11-5-7-12(17)8-6-11/h3,5-8,14,22-23H,1,4,9-10H2,2H3,(H,18,20)/t14-/m1/s1. The molecule has 0 bridgehead atoms. The fourth-order valence-corrected chi connectivity index (χ4v) is 2.11. The normalized spacial score (nSPS) is 11.5. The Labute approximate surface area is 146 Å². The number of hydrogen-bond acceptors (Lipinski definition) is 5. The van der Waals surface area contributed by atoms with E-state index in [2.05, 4.69) is 11.9 Å². The number of amides is 2. The van der Waals surface area contributed by atoms with Crippen molar-refractivity contribution in [1.82, 2.24) is 10.2 Å². The largest absolute Gasteiger partial charge is 0.635 e. The molecule has 130 valence electrons. The second-order valence-corrected chi connectivity index (χ2v) is 5.34. The topological polar surface area (TPSA) is 99.1 Å². The van der Waals surface area contributed by atoms with Crippen LogP contribution in [0.1, 0.15) is 12.5 Å². The van der Waals surface area contributed by atoms with Gasteiger partial charge in [-0.25, -0.2) is 0 Å². The van der Waals surface area contributed by atoms with Crippen LogP contribution in [0.3, 0.4) is 0 Å². The van der Waals surface area contributed by atoms with Gasteiger partial charge in [-0.1, -0.05) is 30.3 Å². The van der Waals surface area contributed by atoms with Crippen molar-refractivity contribution < 1.29 is 24.3 Å². The summed E-state index contributed by atoms with van der Waals surface area (Å²) in [5.74, 6) is -0.864. The van der Waals surface area contributed by atoms with Gasteiger partial charge >= 0.3 is 7.32 Å². The highest BCUT2D eigenvalue weighted by Gasteiger charge is 2.22. The van der Waals surface area contributed by atoms with Crippen LogP contribution >= 0.6 is 11.6 Å². The molecule has 0 aliphatic heterocycles. The minimum absolute atomic E-state index is 0.191. The average Bonchev–Trinajstić information content (AvgIpc) is 2.53. The van der Waals surface area contributed by atoms with E-state index < -0.39 is 19.5 Å². The summed E-state index contributed by atoms with van der Waals surface area (Å²) in [6.45, 7) is 5.25. The molecule has 0 heterocycles. The van der Waals surface area contributed by atoms with Gasteiger partial charge in [0.15, 0.2) is 0 Å². The van der Waals surface area contributed by atoms with Crippen molar-refractivity contribution in [3.63, 3.8) is 0 Å². The van der Waals surface area contributed by atoms with Gasteiger partial charge in [0, 0.05) is 18.0 Å². The van der Waals surface area contributed by atoms with Crippen LogP contribution in [0.2, 0.25) is 5.02 Å². The summed E-state index contributed by atoms with van der Waals surface area (Å²) in [5, 5.41) is 21.1. The highest BCUT2D eigenvalue weighted by atomic mass is 35.5. The van der Waals surface area contributed by atoms with E-state index in [9.17, 15) is 9.59 Å². The maximum atomic E-state index is 12.1. The molecule has 3 N–H and O–H groups in total. The molecule has 7 nitrogen and oxygen atoms in total. The summed E-state index contributed by atoms with van der Waals surface area (Å²) < 4.78 is 4.88. The molecule has 1 rings (SSSR count). The molecule has 2 amide bonds. The summed E-state index contributed by atoms with van der Waals surface area (Å²) in [6.07, 6.45) is 0.342. The lowest BCUT2D eigenvalue weighted by Crippen LogP contribution is -2.47. The van der Waals surface area contributed by atoms with Crippen molar-refractivity contribution in [3.8, 4) is 0 Å². The van der Waals surface area contributed by atoms with E-state index in [0.29, 0.717) is 11.6 Å². The maximum absolute atomic E-state index is 12.1. The molecule has 0 saturated carbocycles. The van der Waals surface area contributed by atoms with Gasteiger partial charge in [-0.2, -0.15) is 0 Å². The molecule has 0 fully saturated rings. The van der Waals surface area contributed by atoms with Gasteiger partial charge in [0.05, 0.1) is 6.54 Å². The Morgan fingerprint density at radius 1 is 1.42 bits per heavy atom. The number of benzene rings is 1. The van der Waals surface area contributed by atoms with Crippen LogP contribution in [0.5, 0.6) is 0 Å². The lowest BCUT2D eigenvalue weighted by atomic mass is 10.1. The van der Waals surface area contributed by atoms with E-state index in [1.54, 1.807) is 31.2 Å². The SMILES string of the molecule is C=CC(=O)N(CC)CC(=O)N[C@@H](Cc1ccc(Cl)cc1)OB(O)O. The number of nitrogens with one attached hydrogen (secondary N) is 1. The first kappa shape index (κ1) is 20.2. The molecule has 0 saturated heterocycles. The molecule has 24 heavy (non-hydrogen) atoms. The monoisotopic (exact) mass is 354 g/mol. The van der Waals surface area contributed by atoms with Crippen molar-refractivity contribution >= 4 is 30.7 Å². The zero-order chi connectivity index (χ0) is 18.1. The van der Waals surface area contributed by atoms with E-state index in [4.69, 9.17) is 26.3 Å². The molecule has 1 atom stereocenters. The average molecular weight is 355 g/mol. The van der Waals surface area contributed by atoms with Crippen LogP contribution in [-0.4, -0.2) is 53.4 Å². The van der Waals surface area contributed by atoms with E-state index in [0.717, 1.165) is 11.6 Å². The molecule has 1 aromatic rings. The van der Waals surface area contributed by atoms with E-state index >= 15 is 0 Å². The molecule has 0 aliphatic carbocycles. The third kappa shape index (κ3) is 7.14. The predicted octanol–water partition coefficient (Wildman–Crippen LogP) is 0.345. The van der Waals surface area contributed by atoms with Crippen molar-refractivity contribution in [2.45, 2.75) is 19.6 Å². The molecule has 9 heteroatoms. The van der Waals surface area contributed by atoms with Gasteiger partial charge in [-0.3, -0.25) is 9.59 Å². The van der Waals surface area contributed by atoms with Gasteiger partial charge in [-0.05, 0) is 30.7 Å². The number of carbonyl (C=O) groups excluding carboxylic acids is 2.